The van der Waals surface area contributed by atoms with Crippen molar-refractivity contribution in [3.63, 3.8) is 0 Å². The van der Waals surface area contributed by atoms with Crippen molar-refractivity contribution in [3.05, 3.63) is 29.6 Å². The van der Waals surface area contributed by atoms with Crippen LogP contribution in [0.3, 0.4) is 0 Å². The first-order valence-corrected chi connectivity index (χ1v) is 8.47. The molecule has 3 unspecified atom stereocenters. The van der Waals surface area contributed by atoms with E-state index in [0.29, 0.717) is 10.5 Å². The summed E-state index contributed by atoms with van der Waals surface area (Å²) in [5.74, 6) is 8.27. The highest BCUT2D eigenvalue weighted by molar-refractivity contribution is 8.07. The van der Waals surface area contributed by atoms with E-state index in [2.05, 4.69) is 42.1 Å². The van der Waals surface area contributed by atoms with E-state index in [-0.39, 0.29) is 6.04 Å². The Labute approximate surface area is 118 Å². The number of nitrogens with one attached hydrogen (secondary N) is 1. The second-order valence-electron chi connectivity index (χ2n) is 4.59. The fourth-order valence-corrected chi connectivity index (χ4v) is 5.61. The monoisotopic (exact) mass is 283 g/mol. The van der Waals surface area contributed by atoms with Crippen molar-refractivity contribution in [1.29, 1.82) is 0 Å². The molecule has 3 N–H and O–H groups in total. The molecule has 5 heteroatoms. The number of rotatable bonds is 4. The van der Waals surface area contributed by atoms with Gasteiger partial charge in [0.2, 0.25) is 0 Å². The summed E-state index contributed by atoms with van der Waals surface area (Å²) < 4.78 is 0. The molecule has 0 bridgehead atoms. The van der Waals surface area contributed by atoms with Gasteiger partial charge in [0.15, 0.2) is 0 Å². The molecule has 18 heavy (non-hydrogen) atoms. The Morgan fingerprint density at radius 3 is 2.89 bits per heavy atom. The normalized spacial score (nSPS) is 25.9. The van der Waals surface area contributed by atoms with E-state index in [9.17, 15) is 0 Å². The number of hydrazine groups is 1. The lowest BCUT2D eigenvalue weighted by molar-refractivity contribution is 0.512. The highest BCUT2D eigenvalue weighted by Gasteiger charge is 2.32. The summed E-state index contributed by atoms with van der Waals surface area (Å²) in [6.07, 6.45) is 5.01. The largest absolute Gasteiger partial charge is 0.271 e. The van der Waals surface area contributed by atoms with E-state index in [4.69, 9.17) is 5.84 Å². The van der Waals surface area contributed by atoms with Crippen LogP contribution < -0.4 is 11.3 Å². The zero-order valence-corrected chi connectivity index (χ0v) is 12.6. The number of nitrogens with zero attached hydrogens (tertiary/aromatic N) is 1. The molecule has 0 amide bonds. The molecule has 1 fully saturated rings. The first kappa shape index (κ1) is 14.2. The van der Waals surface area contributed by atoms with Crippen molar-refractivity contribution < 1.29 is 0 Å². The third kappa shape index (κ3) is 3.20. The molecule has 0 aromatic carbocycles. The summed E-state index contributed by atoms with van der Waals surface area (Å²) in [6.45, 7) is 4.34. The van der Waals surface area contributed by atoms with Gasteiger partial charge < -0.3 is 0 Å². The molecule has 3 nitrogen and oxygen atoms in total. The van der Waals surface area contributed by atoms with Crippen LogP contribution in [0.5, 0.6) is 0 Å². The second kappa shape index (κ2) is 6.80. The lowest BCUT2D eigenvalue weighted by Gasteiger charge is -2.35. The van der Waals surface area contributed by atoms with E-state index in [1.165, 1.54) is 29.1 Å². The Morgan fingerprint density at radius 2 is 2.22 bits per heavy atom. The number of pyridine rings is 1. The van der Waals surface area contributed by atoms with Gasteiger partial charge in [0.1, 0.15) is 0 Å². The van der Waals surface area contributed by atoms with Crippen molar-refractivity contribution in [2.75, 3.05) is 11.5 Å². The smallest absolute Gasteiger partial charge is 0.0604 e. The average molecular weight is 283 g/mol. The maximum absolute atomic E-state index is 5.80. The third-order valence-corrected chi connectivity index (χ3v) is 6.61. The molecule has 1 saturated heterocycles. The molecule has 1 aliphatic heterocycles. The van der Waals surface area contributed by atoms with Crippen LogP contribution in [0.1, 0.15) is 30.5 Å². The molecule has 1 aliphatic rings. The van der Waals surface area contributed by atoms with Crippen LogP contribution in [0.15, 0.2) is 18.5 Å². The zero-order valence-electron chi connectivity index (χ0n) is 10.9. The van der Waals surface area contributed by atoms with E-state index >= 15 is 0 Å². The number of aromatic nitrogens is 1. The first-order chi connectivity index (χ1) is 8.76. The van der Waals surface area contributed by atoms with Gasteiger partial charge in [-0.1, -0.05) is 13.0 Å². The van der Waals surface area contributed by atoms with E-state index in [1.807, 2.05) is 24.2 Å². The standard InChI is InChI=1S/C13H21N3S2/c1-3-11-13(18-5-4-17-11)12(16-14)10-6-9(2)7-15-8-10/h6-8,11-13,16H,3-5,14H2,1-2H3. The minimum absolute atomic E-state index is 0.195. The molecule has 0 radical (unpaired) electrons. The molecule has 2 rings (SSSR count). The Hall–Kier alpha value is -0.230. The predicted molar refractivity (Wildman–Crippen MR) is 81.8 cm³/mol. The number of hydrogen-bond donors (Lipinski definition) is 2. The van der Waals surface area contributed by atoms with E-state index in [1.54, 1.807) is 0 Å². The van der Waals surface area contributed by atoms with Crippen LogP contribution in [0, 0.1) is 6.92 Å². The van der Waals surface area contributed by atoms with Crippen molar-refractivity contribution in [2.45, 2.75) is 36.8 Å². The predicted octanol–water partition coefficient (Wildman–Crippen LogP) is 2.52. The first-order valence-electron chi connectivity index (χ1n) is 6.37. The average Bonchev–Trinajstić information content (AvgIpc) is 2.40. The SMILES string of the molecule is CCC1SCCSC1C(NN)c1cncc(C)c1. The molecule has 100 valence electrons. The minimum atomic E-state index is 0.195. The summed E-state index contributed by atoms with van der Waals surface area (Å²) in [7, 11) is 0. The quantitative estimate of drug-likeness (QED) is 0.657. The molecular weight excluding hydrogens is 262 g/mol. The Kier molecular flexibility index (Phi) is 5.36. The number of aryl methyl sites for hydroxylation is 1. The van der Waals surface area contributed by atoms with Gasteiger partial charge in [-0.2, -0.15) is 23.5 Å². The summed E-state index contributed by atoms with van der Waals surface area (Å²) in [5, 5.41) is 1.20. The van der Waals surface area contributed by atoms with Gasteiger partial charge >= 0.3 is 0 Å². The molecule has 1 aromatic rings. The summed E-state index contributed by atoms with van der Waals surface area (Å²) >= 11 is 4.12. The number of thioether (sulfide) groups is 2. The van der Waals surface area contributed by atoms with E-state index in [0.717, 1.165) is 0 Å². The highest BCUT2D eigenvalue weighted by Crippen LogP contribution is 2.39. The van der Waals surface area contributed by atoms with Crippen LogP contribution in [-0.4, -0.2) is 27.0 Å². The molecule has 0 spiro atoms. The Morgan fingerprint density at radius 1 is 1.44 bits per heavy atom. The summed E-state index contributed by atoms with van der Waals surface area (Å²) in [4.78, 5) is 4.29. The van der Waals surface area contributed by atoms with Crippen LogP contribution in [0.2, 0.25) is 0 Å². The Bertz CT molecular complexity index is 386. The minimum Gasteiger partial charge on any atom is -0.271 e. The lowest BCUT2D eigenvalue weighted by Crippen LogP contribution is -2.41. The fraction of sp³-hybridized carbons (Fsp3) is 0.615. The molecule has 1 aromatic heterocycles. The molecule has 3 atom stereocenters. The fourth-order valence-electron chi connectivity index (χ4n) is 2.38. The summed E-state index contributed by atoms with van der Waals surface area (Å²) in [6, 6.07) is 2.38. The van der Waals surface area contributed by atoms with Gasteiger partial charge in [-0.05, 0) is 24.5 Å². The molecule has 0 saturated carbocycles. The maximum atomic E-state index is 5.80. The molecule has 2 heterocycles. The van der Waals surface area contributed by atoms with Gasteiger partial charge in [0.25, 0.3) is 0 Å². The lowest BCUT2D eigenvalue weighted by atomic mass is 10.0. The second-order valence-corrected chi connectivity index (χ2v) is 7.23. The highest BCUT2D eigenvalue weighted by atomic mass is 32.2. The van der Waals surface area contributed by atoms with Gasteiger partial charge in [0.05, 0.1) is 6.04 Å². The topological polar surface area (TPSA) is 50.9 Å². The van der Waals surface area contributed by atoms with Crippen LogP contribution in [0.25, 0.3) is 0 Å². The maximum Gasteiger partial charge on any atom is 0.0604 e. The van der Waals surface area contributed by atoms with Gasteiger partial charge in [-0.15, -0.1) is 0 Å². The van der Waals surface area contributed by atoms with Gasteiger partial charge in [-0.25, -0.2) is 0 Å². The van der Waals surface area contributed by atoms with Crippen molar-refractivity contribution >= 4 is 23.5 Å². The molecular formula is C13H21N3S2. The summed E-state index contributed by atoms with van der Waals surface area (Å²) in [5.41, 5.74) is 5.40. The number of hydrogen-bond acceptors (Lipinski definition) is 5. The third-order valence-electron chi connectivity index (χ3n) is 3.26. The molecule has 0 aliphatic carbocycles. The van der Waals surface area contributed by atoms with Gasteiger partial charge in [0, 0.05) is 34.4 Å². The van der Waals surface area contributed by atoms with Gasteiger partial charge in [-0.3, -0.25) is 16.3 Å². The zero-order chi connectivity index (χ0) is 13.0. The van der Waals surface area contributed by atoms with Crippen LogP contribution >= 0.6 is 23.5 Å². The van der Waals surface area contributed by atoms with Crippen LogP contribution in [0.4, 0.5) is 0 Å². The van der Waals surface area contributed by atoms with Crippen molar-refractivity contribution in [2.24, 2.45) is 5.84 Å². The van der Waals surface area contributed by atoms with Crippen molar-refractivity contribution in [3.8, 4) is 0 Å². The van der Waals surface area contributed by atoms with Crippen LogP contribution in [-0.2, 0) is 0 Å². The van der Waals surface area contributed by atoms with E-state index < -0.39 is 0 Å². The van der Waals surface area contributed by atoms with Crippen molar-refractivity contribution in [1.82, 2.24) is 10.4 Å². The Balaban J connectivity index is 2.21. The number of nitrogens with two attached hydrogens (primary N) is 1.